The molecule has 8 heteroatoms. The Labute approximate surface area is 146 Å². The van der Waals surface area contributed by atoms with Gasteiger partial charge in [0.1, 0.15) is 11.6 Å². The molecular weight excluding hydrogens is 347 g/mol. The molecule has 2 heterocycles. The number of nitrogens with zero attached hydrogens (tertiary/aromatic N) is 2. The number of aromatic nitrogens is 3. The van der Waals surface area contributed by atoms with Crippen LogP contribution in [-0.4, -0.2) is 20.9 Å². The van der Waals surface area contributed by atoms with Crippen molar-refractivity contribution in [3.05, 3.63) is 59.1 Å². The van der Waals surface area contributed by atoms with E-state index in [4.69, 9.17) is 0 Å². The topological polar surface area (TPSA) is 59.9 Å². The van der Waals surface area contributed by atoms with Gasteiger partial charge in [0.2, 0.25) is 5.56 Å². The van der Waals surface area contributed by atoms with Gasteiger partial charge in [0.15, 0.2) is 0 Å². The number of alkyl halides is 3. The minimum atomic E-state index is -4.75. The lowest BCUT2D eigenvalue weighted by Gasteiger charge is -2.10. The van der Waals surface area contributed by atoms with Crippen LogP contribution >= 0.6 is 0 Å². The van der Waals surface area contributed by atoms with Gasteiger partial charge in [-0.3, -0.25) is 4.79 Å². The Kier molecular flexibility index (Phi) is 3.82. The molecule has 1 aliphatic rings. The van der Waals surface area contributed by atoms with E-state index < -0.39 is 6.36 Å². The maximum Gasteiger partial charge on any atom is 0.573 e. The summed E-state index contributed by atoms with van der Waals surface area (Å²) in [4.78, 5) is 18.6. The summed E-state index contributed by atoms with van der Waals surface area (Å²) >= 11 is 0. The van der Waals surface area contributed by atoms with Gasteiger partial charge in [0.25, 0.3) is 0 Å². The summed E-state index contributed by atoms with van der Waals surface area (Å²) in [5.74, 6) is 0.258. The number of imidazole rings is 1. The lowest BCUT2D eigenvalue weighted by atomic mass is 10.2. The standard InChI is InChI=1S/C18H14F3N3O2/c19-18(20,21)26-14-3-1-2-12(8-14)17-23-15(10-24(17)13-4-5-13)11-6-7-22-16(25)9-11/h1-3,6-10,13H,4-5H2,(H,22,25). The van der Waals surface area contributed by atoms with Crippen LogP contribution in [0, 0.1) is 0 Å². The third-order valence-electron chi connectivity index (χ3n) is 4.07. The molecule has 1 aromatic carbocycles. The second-order valence-electron chi connectivity index (χ2n) is 6.11. The molecule has 0 saturated heterocycles. The van der Waals surface area contributed by atoms with E-state index >= 15 is 0 Å². The highest BCUT2D eigenvalue weighted by Crippen LogP contribution is 2.40. The summed E-state index contributed by atoms with van der Waals surface area (Å²) in [5, 5.41) is 0. The quantitative estimate of drug-likeness (QED) is 0.760. The van der Waals surface area contributed by atoms with E-state index in [1.54, 1.807) is 12.1 Å². The summed E-state index contributed by atoms with van der Waals surface area (Å²) in [6.07, 6.45) is 0.582. The number of H-pyrrole nitrogens is 1. The molecule has 1 aliphatic carbocycles. The van der Waals surface area contributed by atoms with Crippen molar-refractivity contribution >= 4 is 0 Å². The van der Waals surface area contributed by atoms with Gasteiger partial charge in [0.05, 0.1) is 5.69 Å². The molecule has 4 rings (SSSR count). The molecule has 3 aromatic rings. The van der Waals surface area contributed by atoms with Crippen LogP contribution in [0.25, 0.3) is 22.6 Å². The van der Waals surface area contributed by atoms with E-state index in [-0.39, 0.29) is 17.4 Å². The maximum atomic E-state index is 12.5. The number of ether oxygens (including phenoxy) is 1. The molecule has 2 aromatic heterocycles. The molecule has 0 atom stereocenters. The average Bonchev–Trinajstić information content (AvgIpc) is 3.32. The molecule has 134 valence electrons. The first-order valence-corrected chi connectivity index (χ1v) is 8.03. The summed E-state index contributed by atoms with van der Waals surface area (Å²) < 4.78 is 43.4. The van der Waals surface area contributed by atoms with Crippen molar-refractivity contribution in [2.75, 3.05) is 0 Å². The molecule has 0 amide bonds. The monoisotopic (exact) mass is 361 g/mol. The number of pyridine rings is 1. The molecule has 0 spiro atoms. The van der Waals surface area contributed by atoms with E-state index in [1.807, 2.05) is 10.8 Å². The van der Waals surface area contributed by atoms with E-state index in [1.165, 1.54) is 30.5 Å². The zero-order chi connectivity index (χ0) is 18.3. The largest absolute Gasteiger partial charge is 0.573 e. The molecule has 1 fully saturated rings. The van der Waals surface area contributed by atoms with Gasteiger partial charge in [-0.15, -0.1) is 13.2 Å². The van der Waals surface area contributed by atoms with Crippen molar-refractivity contribution in [1.82, 2.24) is 14.5 Å². The van der Waals surface area contributed by atoms with Crippen molar-refractivity contribution in [3.63, 3.8) is 0 Å². The molecule has 0 bridgehead atoms. The van der Waals surface area contributed by atoms with Crippen molar-refractivity contribution < 1.29 is 17.9 Å². The molecular formula is C18H14F3N3O2. The van der Waals surface area contributed by atoms with Crippen LogP contribution in [-0.2, 0) is 0 Å². The molecule has 1 saturated carbocycles. The van der Waals surface area contributed by atoms with Crippen LogP contribution in [0.5, 0.6) is 5.75 Å². The summed E-state index contributed by atoms with van der Waals surface area (Å²) in [5.41, 5.74) is 1.53. The Hall–Kier alpha value is -3.03. The number of benzene rings is 1. The number of nitrogens with one attached hydrogen (secondary N) is 1. The van der Waals surface area contributed by atoms with Crippen LogP contribution in [0.1, 0.15) is 18.9 Å². The van der Waals surface area contributed by atoms with Gasteiger partial charge < -0.3 is 14.3 Å². The zero-order valence-corrected chi connectivity index (χ0v) is 13.5. The molecule has 1 N–H and O–H groups in total. The average molecular weight is 361 g/mol. The number of halogens is 3. The lowest BCUT2D eigenvalue weighted by Crippen LogP contribution is -2.17. The maximum absolute atomic E-state index is 12.5. The van der Waals surface area contributed by atoms with E-state index in [9.17, 15) is 18.0 Å². The fourth-order valence-corrected chi connectivity index (χ4v) is 2.81. The fraction of sp³-hybridized carbons (Fsp3) is 0.222. The normalized spacial score (nSPS) is 14.4. The predicted octanol–water partition coefficient (Wildman–Crippen LogP) is 4.14. The Morgan fingerprint density at radius 2 is 1.96 bits per heavy atom. The summed E-state index contributed by atoms with van der Waals surface area (Å²) in [6, 6.07) is 9.18. The fourth-order valence-electron chi connectivity index (χ4n) is 2.81. The van der Waals surface area contributed by atoms with E-state index in [2.05, 4.69) is 14.7 Å². The van der Waals surface area contributed by atoms with Crippen molar-refractivity contribution in [3.8, 4) is 28.4 Å². The Morgan fingerprint density at radius 1 is 1.15 bits per heavy atom. The van der Waals surface area contributed by atoms with Gasteiger partial charge in [-0.1, -0.05) is 12.1 Å². The number of hydrogen-bond donors (Lipinski definition) is 1. The van der Waals surface area contributed by atoms with Crippen LogP contribution < -0.4 is 10.3 Å². The molecule has 0 unspecified atom stereocenters. The number of rotatable bonds is 4. The Bertz CT molecular complexity index is 1000. The highest BCUT2D eigenvalue weighted by atomic mass is 19.4. The summed E-state index contributed by atoms with van der Waals surface area (Å²) in [6.45, 7) is 0. The molecule has 5 nitrogen and oxygen atoms in total. The highest BCUT2D eigenvalue weighted by molar-refractivity contribution is 5.66. The molecule has 0 radical (unpaired) electrons. The van der Waals surface area contributed by atoms with Gasteiger partial charge >= 0.3 is 6.36 Å². The van der Waals surface area contributed by atoms with Gasteiger partial charge in [-0.05, 0) is 31.0 Å². The third-order valence-corrected chi connectivity index (χ3v) is 4.07. The Balaban J connectivity index is 1.77. The van der Waals surface area contributed by atoms with Crippen LogP contribution in [0.2, 0.25) is 0 Å². The number of aromatic amines is 1. The zero-order valence-electron chi connectivity index (χ0n) is 13.5. The second kappa shape index (κ2) is 6.05. The summed E-state index contributed by atoms with van der Waals surface area (Å²) in [7, 11) is 0. The SMILES string of the molecule is O=c1cc(-c2cn(C3CC3)c(-c3cccc(OC(F)(F)F)c3)n2)cc[nH]1. The highest BCUT2D eigenvalue weighted by Gasteiger charge is 2.32. The Morgan fingerprint density at radius 3 is 2.65 bits per heavy atom. The smallest absolute Gasteiger partial charge is 0.406 e. The minimum Gasteiger partial charge on any atom is -0.406 e. The van der Waals surface area contributed by atoms with E-state index in [0.717, 1.165) is 12.8 Å². The second-order valence-corrected chi connectivity index (χ2v) is 6.11. The van der Waals surface area contributed by atoms with Crippen molar-refractivity contribution in [2.24, 2.45) is 0 Å². The van der Waals surface area contributed by atoms with Crippen molar-refractivity contribution in [2.45, 2.75) is 25.2 Å². The lowest BCUT2D eigenvalue weighted by molar-refractivity contribution is -0.274. The van der Waals surface area contributed by atoms with Crippen LogP contribution in [0.4, 0.5) is 13.2 Å². The van der Waals surface area contributed by atoms with Gasteiger partial charge in [-0.2, -0.15) is 0 Å². The first-order chi connectivity index (χ1) is 12.4. The van der Waals surface area contributed by atoms with Crippen LogP contribution in [0.15, 0.2) is 53.6 Å². The van der Waals surface area contributed by atoms with Crippen LogP contribution in [0.3, 0.4) is 0 Å². The van der Waals surface area contributed by atoms with Gasteiger partial charge in [-0.25, -0.2) is 4.98 Å². The van der Waals surface area contributed by atoms with Gasteiger partial charge in [0, 0.05) is 35.6 Å². The predicted molar refractivity (Wildman–Crippen MR) is 88.7 cm³/mol. The minimum absolute atomic E-state index is 0.245. The third kappa shape index (κ3) is 3.49. The first-order valence-electron chi connectivity index (χ1n) is 8.03. The van der Waals surface area contributed by atoms with E-state index in [0.29, 0.717) is 22.6 Å². The van der Waals surface area contributed by atoms with Crippen molar-refractivity contribution in [1.29, 1.82) is 0 Å². The first kappa shape index (κ1) is 16.4. The number of hydrogen-bond acceptors (Lipinski definition) is 3. The molecule has 0 aliphatic heterocycles. The molecule has 26 heavy (non-hydrogen) atoms.